The number of nitrogens with zero attached hydrogens (tertiary/aromatic N) is 1. The topological polar surface area (TPSA) is 58.5 Å². The first-order valence-corrected chi connectivity index (χ1v) is 5.75. The van der Waals surface area contributed by atoms with Gasteiger partial charge in [-0.2, -0.15) is 0 Å². The summed E-state index contributed by atoms with van der Waals surface area (Å²) in [6.45, 7) is 0.525. The van der Waals surface area contributed by atoms with Gasteiger partial charge < -0.3 is 5.32 Å². The van der Waals surface area contributed by atoms with Crippen molar-refractivity contribution in [3.8, 4) is 0 Å². The van der Waals surface area contributed by atoms with Crippen LogP contribution in [0.4, 0.5) is 5.69 Å². The second-order valence-electron chi connectivity index (χ2n) is 4.12. The van der Waals surface area contributed by atoms with Crippen molar-refractivity contribution < 1.29 is 9.59 Å². The highest BCUT2D eigenvalue weighted by Crippen LogP contribution is 2.23. The molecule has 1 aromatic carbocycles. The molecule has 0 unspecified atom stereocenters. The van der Waals surface area contributed by atoms with E-state index in [-0.39, 0.29) is 5.91 Å². The van der Waals surface area contributed by atoms with Crippen molar-refractivity contribution in [2.75, 3.05) is 11.9 Å². The fourth-order valence-corrected chi connectivity index (χ4v) is 2.00. The Hall–Kier alpha value is -1.93. The van der Waals surface area contributed by atoms with Gasteiger partial charge in [0.2, 0.25) is 12.0 Å². The van der Waals surface area contributed by atoms with Gasteiger partial charge >= 0.3 is 0 Å². The summed E-state index contributed by atoms with van der Waals surface area (Å²) in [6.07, 6.45) is 4.65. The lowest BCUT2D eigenvalue weighted by Crippen LogP contribution is -2.18. The van der Waals surface area contributed by atoms with Gasteiger partial charge in [-0.15, -0.1) is 0 Å². The summed E-state index contributed by atoms with van der Waals surface area (Å²) in [4.78, 5) is 24.6. The molecule has 0 bridgehead atoms. The molecule has 0 saturated carbocycles. The van der Waals surface area contributed by atoms with Crippen molar-refractivity contribution in [1.29, 1.82) is 0 Å². The smallest absolute Gasteiger partial charge is 0.234 e. The van der Waals surface area contributed by atoms with Crippen molar-refractivity contribution in [2.24, 2.45) is 4.99 Å². The standard InChI is InChI=1S/C13H14N2O2/c16-9-14-7-1-2-10-3-5-12-11(8-10)4-6-13(17)15-12/h3,5,8H,1-2,4,6-7H2,(H,15,17). The second kappa shape index (κ2) is 5.41. The van der Waals surface area contributed by atoms with Crippen LogP contribution in [0.15, 0.2) is 23.2 Å². The number of hydrogen-bond acceptors (Lipinski definition) is 3. The van der Waals surface area contributed by atoms with Crippen LogP contribution in [-0.2, 0) is 22.4 Å². The number of amides is 1. The van der Waals surface area contributed by atoms with Crippen molar-refractivity contribution in [3.63, 3.8) is 0 Å². The van der Waals surface area contributed by atoms with E-state index in [2.05, 4.69) is 16.4 Å². The minimum Gasteiger partial charge on any atom is -0.326 e. The molecule has 1 N–H and O–H groups in total. The summed E-state index contributed by atoms with van der Waals surface area (Å²) < 4.78 is 0. The molecule has 0 aromatic heterocycles. The van der Waals surface area contributed by atoms with Crippen LogP contribution >= 0.6 is 0 Å². The molecule has 17 heavy (non-hydrogen) atoms. The molecule has 0 spiro atoms. The Kier molecular flexibility index (Phi) is 3.68. The number of anilines is 1. The predicted octanol–water partition coefficient (Wildman–Crippen LogP) is 1.84. The molecule has 0 saturated heterocycles. The number of benzene rings is 1. The highest BCUT2D eigenvalue weighted by Gasteiger charge is 2.14. The van der Waals surface area contributed by atoms with Crippen LogP contribution in [-0.4, -0.2) is 18.5 Å². The maximum absolute atomic E-state index is 11.2. The quantitative estimate of drug-likeness (QED) is 0.487. The first-order chi connectivity index (χ1) is 8.29. The Labute approximate surface area is 99.7 Å². The summed E-state index contributed by atoms with van der Waals surface area (Å²) in [7, 11) is 0. The number of fused-ring (bicyclic) bond motifs is 1. The first-order valence-electron chi connectivity index (χ1n) is 5.75. The van der Waals surface area contributed by atoms with Gasteiger partial charge in [-0.25, -0.2) is 9.79 Å². The van der Waals surface area contributed by atoms with Gasteiger partial charge in [-0.05, 0) is 36.5 Å². The summed E-state index contributed by atoms with van der Waals surface area (Å²) in [5, 5.41) is 2.85. The van der Waals surface area contributed by atoms with Crippen LogP contribution in [0, 0.1) is 0 Å². The highest BCUT2D eigenvalue weighted by atomic mass is 16.1. The molecule has 0 radical (unpaired) electrons. The van der Waals surface area contributed by atoms with Crippen molar-refractivity contribution in [1.82, 2.24) is 0 Å². The summed E-state index contributed by atoms with van der Waals surface area (Å²) in [5.41, 5.74) is 3.35. The molecule has 0 atom stereocenters. The molecule has 4 nitrogen and oxygen atoms in total. The first kappa shape index (κ1) is 11.6. The van der Waals surface area contributed by atoms with Crippen LogP contribution in [0.5, 0.6) is 0 Å². The lowest BCUT2D eigenvalue weighted by molar-refractivity contribution is -0.116. The largest absolute Gasteiger partial charge is 0.326 e. The Morgan fingerprint density at radius 2 is 2.24 bits per heavy atom. The fraction of sp³-hybridized carbons (Fsp3) is 0.385. The Balaban J connectivity index is 2.01. The van der Waals surface area contributed by atoms with E-state index in [1.807, 2.05) is 12.1 Å². The van der Waals surface area contributed by atoms with Gasteiger partial charge in [-0.3, -0.25) is 4.79 Å². The molecule has 4 heteroatoms. The fourth-order valence-electron chi connectivity index (χ4n) is 2.00. The Morgan fingerprint density at radius 1 is 1.35 bits per heavy atom. The van der Waals surface area contributed by atoms with Crippen LogP contribution in [0.3, 0.4) is 0 Å². The summed E-state index contributed by atoms with van der Waals surface area (Å²) in [6, 6.07) is 6.08. The van der Waals surface area contributed by atoms with E-state index in [1.165, 1.54) is 17.2 Å². The van der Waals surface area contributed by atoms with Crippen molar-refractivity contribution in [2.45, 2.75) is 25.7 Å². The predicted molar refractivity (Wildman–Crippen MR) is 64.7 cm³/mol. The van der Waals surface area contributed by atoms with Crippen LogP contribution in [0.25, 0.3) is 0 Å². The van der Waals surface area contributed by atoms with E-state index < -0.39 is 0 Å². The zero-order valence-electron chi connectivity index (χ0n) is 9.53. The van der Waals surface area contributed by atoms with Crippen LogP contribution in [0.2, 0.25) is 0 Å². The number of aryl methyl sites for hydroxylation is 2. The molecule has 0 aliphatic carbocycles. The third kappa shape index (κ3) is 3.02. The van der Waals surface area contributed by atoms with E-state index in [9.17, 15) is 9.59 Å². The SMILES string of the molecule is O=C=NCCCc1ccc2c(c1)CCC(=O)N2. The average molecular weight is 230 g/mol. The van der Waals surface area contributed by atoms with E-state index in [0.717, 1.165) is 24.9 Å². The number of isocyanates is 1. The molecular weight excluding hydrogens is 216 g/mol. The third-order valence-electron chi connectivity index (χ3n) is 2.87. The number of carbonyl (C=O) groups excluding carboxylic acids is 2. The Bertz CT molecular complexity index is 476. The van der Waals surface area contributed by atoms with Crippen molar-refractivity contribution in [3.05, 3.63) is 29.3 Å². The van der Waals surface area contributed by atoms with E-state index in [4.69, 9.17) is 0 Å². The molecule has 2 rings (SSSR count). The number of hydrogen-bond donors (Lipinski definition) is 1. The Morgan fingerprint density at radius 3 is 3.06 bits per heavy atom. The van der Waals surface area contributed by atoms with Gasteiger partial charge in [0.25, 0.3) is 0 Å². The number of rotatable bonds is 4. The lowest BCUT2D eigenvalue weighted by atomic mass is 9.98. The van der Waals surface area contributed by atoms with Crippen molar-refractivity contribution >= 4 is 17.7 Å². The van der Waals surface area contributed by atoms with Gasteiger partial charge in [0.05, 0.1) is 6.54 Å². The van der Waals surface area contributed by atoms with Gasteiger partial charge in [0.15, 0.2) is 0 Å². The minimum absolute atomic E-state index is 0.0885. The monoisotopic (exact) mass is 230 g/mol. The zero-order valence-corrected chi connectivity index (χ0v) is 9.53. The van der Waals surface area contributed by atoms with E-state index in [1.54, 1.807) is 0 Å². The molecule has 0 fully saturated rings. The lowest BCUT2D eigenvalue weighted by Gasteiger charge is -2.17. The van der Waals surface area contributed by atoms with Crippen LogP contribution < -0.4 is 5.32 Å². The summed E-state index contributed by atoms with van der Waals surface area (Å²) in [5.74, 6) is 0.0885. The van der Waals surface area contributed by atoms with Gasteiger partial charge in [0.1, 0.15) is 0 Å². The third-order valence-corrected chi connectivity index (χ3v) is 2.87. The molecule has 88 valence electrons. The highest BCUT2D eigenvalue weighted by molar-refractivity contribution is 5.93. The van der Waals surface area contributed by atoms with Crippen LogP contribution in [0.1, 0.15) is 24.0 Å². The second-order valence-corrected chi connectivity index (χ2v) is 4.12. The minimum atomic E-state index is 0.0885. The van der Waals surface area contributed by atoms with E-state index >= 15 is 0 Å². The molecule has 1 aliphatic rings. The van der Waals surface area contributed by atoms with E-state index in [0.29, 0.717) is 13.0 Å². The molecule has 1 heterocycles. The molecule has 1 aromatic rings. The summed E-state index contributed by atoms with van der Waals surface area (Å²) >= 11 is 0. The normalized spacial score (nSPS) is 13.5. The molecule has 1 aliphatic heterocycles. The maximum atomic E-state index is 11.2. The maximum Gasteiger partial charge on any atom is 0.234 e. The molecular formula is C13H14N2O2. The van der Waals surface area contributed by atoms with Gasteiger partial charge in [-0.1, -0.05) is 12.1 Å². The number of aliphatic imine (C=N–C) groups is 1. The number of nitrogens with one attached hydrogen (secondary N) is 1. The van der Waals surface area contributed by atoms with Gasteiger partial charge in [0, 0.05) is 12.1 Å². The average Bonchev–Trinajstić information content (AvgIpc) is 2.35. The number of carbonyl (C=O) groups is 1. The zero-order chi connectivity index (χ0) is 12.1. The molecule has 1 amide bonds.